The van der Waals surface area contributed by atoms with E-state index in [1.54, 1.807) is 6.07 Å². The highest BCUT2D eigenvalue weighted by Crippen LogP contribution is 2.32. The average Bonchev–Trinajstić information content (AvgIpc) is 2.75. The highest BCUT2D eigenvalue weighted by molar-refractivity contribution is 5.81. The number of phenols is 2. The van der Waals surface area contributed by atoms with Gasteiger partial charge < -0.3 is 14.8 Å². The van der Waals surface area contributed by atoms with Gasteiger partial charge in [0.2, 0.25) is 0 Å². The molecule has 0 spiro atoms. The molecule has 1 aromatic heterocycles. The molecule has 2 N–H and O–H groups in total. The first-order valence-corrected chi connectivity index (χ1v) is 6.66. The maximum Gasteiger partial charge on any atom is 0.141 e. The van der Waals surface area contributed by atoms with Crippen LogP contribution in [0.1, 0.15) is 19.9 Å². The number of nitrogens with zero attached hydrogens (tertiary/aromatic N) is 2. The quantitative estimate of drug-likeness (QED) is 0.752. The van der Waals surface area contributed by atoms with Crippen LogP contribution < -0.4 is 0 Å². The zero-order chi connectivity index (χ0) is 15.1. The maximum atomic E-state index is 13.4. The summed E-state index contributed by atoms with van der Waals surface area (Å²) in [4.78, 5) is 4.45. The molecule has 0 fully saturated rings. The zero-order valence-corrected chi connectivity index (χ0v) is 11.7. The van der Waals surface area contributed by atoms with E-state index in [2.05, 4.69) is 4.98 Å². The topological polar surface area (TPSA) is 58.3 Å². The Morgan fingerprint density at radius 3 is 2.33 bits per heavy atom. The summed E-state index contributed by atoms with van der Waals surface area (Å²) in [6, 6.07) is 8.86. The van der Waals surface area contributed by atoms with E-state index >= 15 is 0 Å². The molecular formula is C16H15FN2O2. The van der Waals surface area contributed by atoms with Crippen LogP contribution in [0, 0.1) is 5.82 Å². The van der Waals surface area contributed by atoms with Gasteiger partial charge in [-0.15, -0.1) is 0 Å². The van der Waals surface area contributed by atoms with Gasteiger partial charge in [-0.25, -0.2) is 9.37 Å². The van der Waals surface area contributed by atoms with Gasteiger partial charge in [0.05, 0.1) is 11.0 Å². The van der Waals surface area contributed by atoms with Crippen molar-refractivity contribution in [2.24, 2.45) is 0 Å². The van der Waals surface area contributed by atoms with Crippen LogP contribution in [0.25, 0.3) is 22.4 Å². The Bertz CT molecular complexity index is 804. The fraction of sp³-hybridized carbons (Fsp3) is 0.188. The minimum Gasteiger partial charge on any atom is -0.508 e. The van der Waals surface area contributed by atoms with E-state index in [1.165, 1.54) is 30.3 Å². The molecule has 0 radical (unpaired) electrons. The fourth-order valence-electron chi connectivity index (χ4n) is 2.52. The molecule has 3 aromatic rings. The number of imidazole rings is 1. The molecule has 0 aliphatic heterocycles. The lowest BCUT2D eigenvalue weighted by atomic mass is 10.2. The van der Waals surface area contributed by atoms with Crippen molar-refractivity contribution in [1.82, 2.24) is 9.55 Å². The number of hydrogen-bond acceptors (Lipinski definition) is 3. The number of benzene rings is 2. The number of aromatic nitrogens is 2. The third-order valence-corrected chi connectivity index (χ3v) is 3.33. The van der Waals surface area contributed by atoms with Crippen LogP contribution in [0.4, 0.5) is 4.39 Å². The third kappa shape index (κ3) is 2.31. The van der Waals surface area contributed by atoms with Crippen LogP contribution in [-0.2, 0) is 0 Å². The Morgan fingerprint density at radius 1 is 1.05 bits per heavy atom. The summed E-state index contributed by atoms with van der Waals surface area (Å²) in [7, 11) is 0. The molecule has 4 nitrogen and oxygen atoms in total. The van der Waals surface area contributed by atoms with E-state index in [0.717, 1.165) is 5.52 Å². The van der Waals surface area contributed by atoms with Gasteiger partial charge in [-0.3, -0.25) is 0 Å². The summed E-state index contributed by atoms with van der Waals surface area (Å²) >= 11 is 0. The lowest BCUT2D eigenvalue weighted by molar-refractivity contribution is 0.451. The standard InChI is InChI=1S/C16H15FN2O2/c1-9(2)19-15-4-3-11(17)7-14(15)18-16(19)10-5-12(20)8-13(21)6-10/h3-9,20-21H,1-2H3. The zero-order valence-electron chi connectivity index (χ0n) is 11.7. The molecule has 0 bridgehead atoms. The van der Waals surface area contributed by atoms with Crippen molar-refractivity contribution < 1.29 is 14.6 Å². The van der Waals surface area contributed by atoms with E-state index in [1.807, 2.05) is 18.4 Å². The summed E-state index contributed by atoms with van der Waals surface area (Å²) in [5.41, 5.74) is 1.93. The monoisotopic (exact) mass is 286 g/mol. The molecule has 0 amide bonds. The third-order valence-electron chi connectivity index (χ3n) is 3.33. The van der Waals surface area contributed by atoms with Crippen molar-refractivity contribution in [3.8, 4) is 22.9 Å². The molecular weight excluding hydrogens is 271 g/mol. The molecule has 21 heavy (non-hydrogen) atoms. The van der Waals surface area contributed by atoms with E-state index in [9.17, 15) is 14.6 Å². The highest BCUT2D eigenvalue weighted by Gasteiger charge is 2.16. The highest BCUT2D eigenvalue weighted by atomic mass is 19.1. The van der Waals surface area contributed by atoms with Gasteiger partial charge in [0, 0.05) is 23.7 Å². The molecule has 0 atom stereocenters. The minimum atomic E-state index is -0.346. The van der Waals surface area contributed by atoms with Gasteiger partial charge in [-0.05, 0) is 38.1 Å². The molecule has 0 aliphatic rings. The van der Waals surface area contributed by atoms with Gasteiger partial charge in [0.15, 0.2) is 0 Å². The number of phenolic OH excluding ortho intramolecular Hbond substituents is 2. The predicted octanol–water partition coefficient (Wildman–Crippen LogP) is 3.83. The Morgan fingerprint density at radius 2 is 1.71 bits per heavy atom. The van der Waals surface area contributed by atoms with Crippen molar-refractivity contribution in [2.75, 3.05) is 0 Å². The average molecular weight is 286 g/mol. The Balaban J connectivity index is 2.33. The lowest BCUT2D eigenvalue weighted by Crippen LogP contribution is -2.03. The van der Waals surface area contributed by atoms with Gasteiger partial charge in [0.25, 0.3) is 0 Å². The van der Waals surface area contributed by atoms with Crippen molar-refractivity contribution in [2.45, 2.75) is 19.9 Å². The second-order valence-corrected chi connectivity index (χ2v) is 5.27. The molecule has 108 valence electrons. The van der Waals surface area contributed by atoms with Crippen LogP contribution in [0.15, 0.2) is 36.4 Å². The largest absolute Gasteiger partial charge is 0.508 e. The van der Waals surface area contributed by atoms with Crippen LogP contribution >= 0.6 is 0 Å². The van der Waals surface area contributed by atoms with Gasteiger partial charge in [-0.2, -0.15) is 0 Å². The van der Waals surface area contributed by atoms with Gasteiger partial charge >= 0.3 is 0 Å². The Hall–Kier alpha value is -2.56. The SMILES string of the molecule is CC(C)n1c(-c2cc(O)cc(O)c2)nc2cc(F)ccc21. The van der Waals surface area contributed by atoms with Crippen LogP contribution in [-0.4, -0.2) is 19.8 Å². The molecule has 3 rings (SSSR count). The summed E-state index contributed by atoms with van der Waals surface area (Å²) in [6.07, 6.45) is 0. The molecule has 5 heteroatoms. The van der Waals surface area contributed by atoms with Crippen LogP contribution in [0.3, 0.4) is 0 Å². The van der Waals surface area contributed by atoms with Crippen LogP contribution in [0.5, 0.6) is 11.5 Å². The molecule has 1 heterocycles. The van der Waals surface area contributed by atoms with Gasteiger partial charge in [-0.1, -0.05) is 0 Å². The molecule has 2 aromatic carbocycles. The summed E-state index contributed by atoms with van der Waals surface area (Å²) in [6.45, 7) is 3.99. The first-order chi connectivity index (χ1) is 9.95. The van der Waals surface area contributed by atoms with Crippen molar-refractivity contribution in [3.05, 3.63) is 42.2 Å². The first-order valence-electron chi connectivity index (χ1n) is 6.66. The number of hydrogen-bond donors (Lipinski definition) is 2. The molecule has 0 unspecified atom stereocenters. The number of fused-ring (bicyclic) bond motifs is 1. The van der Waals surface area contributed by atoms with E-state index < -0.39 is 0 Å². The Kier molecular flexibility index (Phi) is 3.05. The predicted molar refractivity (Wildman–Crippen MR) is 78.8 cm³/mol. The van der Waals surface area contributed by atoms with E-state index in [4.69, 9.17) is 0 Å². The lowest BCUT2D eigenvalue weighted by Gasteiger charge is -2.13. The van der Waals surface area contributed by atoms with E-state index in [0.29, 0.717) is 16.9 Å². The second-order valence-electron chi connectivity index (χ2n) is 5.27. The minimum absolute atomic E-state index is 0.0430. The maximum absolute atomic E-state index is 13.4. The number of halogens is 1. The molecule has 0 aliphatic carbocycles. The molecule has 0 saturated carbocycles. The van der Waals surface area contributed by atoms with Crippen molar-refractivity contribution >= 4 is 11.0 Å². The summed E-state index contributed by atoms with van der Waals surface area (Å²) < 4.78 is 15.3. The number of rotatable bonds is 2. The van der Waals surface area contributed by atoms with Crippen LogP contribution in [0.2, 0.25) is 0 Å². The Labute approximate surface area is 121 Å². The van der Waals surface area contributed by atoms with Crippen molar-refractivity contribution in [3.63, 3.8) is 0 Å². The second kappa shape index (κ2) is 4.77. The first kappa shape index (κ1) is 13.4. The van der Waals surface area contributed by atoms with E-state index in [-0.39, 0.29) is 23.4 Å². The summed E-state index contributed by atoms with van der Waals surface area (Å²) in [5, 5.41) is 19.3. The van der Waals surface area contributed by atoms with Gasteiger partial charge in [0.1, 0.15) is 23.1 Å². The number of aromatic hydroxyl groups is 2. The summed E-state index contributed by atoms with van der Waals surface area (Å²) in [5.74, 6) is 0.148. The normalized spacial score (nSPS) is 11.4. The van der Waals surface area contributed by atoms with Crippen molar-refractivity contribution in [1.29, 1.82) is 0 Å². The smallest absolute Gasteiger partial charge is 0.141 e. The fourth-order valence-corrected chi connectivity index (χ4v) is 2.52. The molecule has 0 saturated heterocycles.